The number of aliphatic hydroxyl groups excluding tert-OH is 7. The molecule has 1 heterocycles. The third kappa shape index (κ3) is 23.0. The van der Waals surface area contributed by atoms with Crippen LogP contribution in [0.25, 0.3) is 0 Å². The maximum absolute atomic E-state index is 13.3. The van der Waals surface area contributed by atoms with E-state index in [2.05, 4.69) is 17.6 Å². The number of carboxylic acids is 2. The van der Waals surface area contributed by atoms with Gasteiger partial charge in [0.1, 0.15) is 48.3 Å². The molecule has 0 bridgehead atoms. The van der Waals surface area contributed by atoms with Gasteiger partial charge in [-0.25, -0.2) is 14.7 Å². The predicted octanol–water partition coefficient (Wildman–Crippen LogP) is -9.07. The number of carbonyl (C=O) groups excluding carboxylic acids is 10. The summed E-state index contributed by atoms with van der Waals surface area (Å²) in [6.45, 7) is -2.93. The highest BCUT2D eigenvalue weighted by Crippen LogP contribution is 2.11. The van der Waals surface area contributed by atoms with E-state index in [4.69, 9.17) is 0 Å². The molecule has 0 unspecified atom stereocenters. The number of hydroxylamine groups is 2. The first-order valence-corrected chi connectivity index (χ1v) is 23.7. The molecule has 1 rings (SSSR count). The summed E-state index contributed by atoms with van der Waals surface area (Å²) in [4.78, 5) is 152. The van der Waals surface area contributed by atoms with Crippen molar-refractivity contribution in [2.24, 2.45) is 0 Å². The second kappa shape index (κ2) is 34.5. The lowest BCUT2D eigenvalue weighted by molar-refractivity contribution is -0.173. The number of carboxylic acid groups (broad SMARTS) is 2. The van der Waals surface area contributed by atoms with Crippen LogP contribution in [0.15, 0.2) is 12.2 Å². The highest BCUT2D eigenvalue weighted by atomic mass is 16.5. The van der Waals surface area contributed by atoms with Crippen LogP contribution in [0.5, 0.6) is 0 Å². The van der Waals surface area contributed by atoms with Crippen LogP contribution in [0.1, 0.15) is 78.1 Å². The number of amides is 10. The smallest absolute Gasteiger partial charge is 0.335 e. The Hall–Kier alpha value is -6.94. The highest BCUT2D eigenvalue weighted by Gasteiger charge is 2.40. The van der Waals surface area contributed by atoms with E-state index in [1.54, 1.807) is 5.32 Å². The van der Waals surface area contributed by atoms with Crippen molar-refractivity contribution < 1.29 is 109 Å². The van der Waals surface area contributed by atoms with Crippen LogP contribution in [0, 0.1) is 0 Å². The van der Waals surface area contributed by atoms with E-state index in [0.717, 1.165) is 39.0 Å². The Morgan fingerprint density at radius 3 is 1.56 bits per heavy atom. The lowest BCUT2D eigenvalue weighted by Crippen LogP contribution is -2.65. The topological polar surface area (TPSA) is 519 Å². The van der Waals surface area contributed by atoms with Gasteiger partial charge in [-0.3, -0.25) is 53.2 Å². The van der Waals surface area contributed by atoms with E-state index in [1.807, 2.05) is 44.1 Å². The van der Waals surface area contributed by atoms with Gasteiger partial charge in [-0.1, -0.05) is 38.3 Å². The number of aliphatic carboxylic acids is 2. The molecule has 11 atom stereocenters. The van der Waals surface area contributed by atoms with Crippen molar-refractivity contribution >= 4 is 71.0 Å². The van der Waals surface area contributed by atoms with E-state index >= 15 is 0 Å². The SMILES string of the molecule is CCCCCC/C=C\CCCC(=O)N[C@H](C(=O)N[C@H](CO)C(=O)NCC(=O)N[C@H](CO)C(=O)N[C@@H](CO)C(=O)N[C@H](C(=O)N[C@@H](C(=O)N[C@@H](CO)C(=O)N[C@H]1CCCN(O)C1=O)[C@@H](C)O)[C@@H](O)C(=O)O)[C@H](O)C(=O)O. The maximum atomic E-state index is 13.3. The average Bonchev–Trinajstić information content (AvgIpc) is 3.37. The fraction of sp³-hybridized carbons (Fsp3) is 0.674. The number of hydrogen-bond acceptors (Lipinski definition) is 20. The maximum Gasteiger partial charge on any atom is 0.335 e. The van der Waals surface area contributed by atoms with Crippen molar-refractivity contribution in [2.45, 2.75) is 145 Å². The van der Waals surface area contributed by atoms with Gasteiger partial charge in [0.15, 0.2) is 12.2 Å². The van der Waals surface area contributed by atoms with Crippen molar-refractivity contribution in [1.29, 1.82) is 0 Å². The zero-order valence-electron chi connectivity index (χ0n) is 41.1. The van der Waals surface area contributed by atoms with Crippen molar-refractivity contribution in [1.82, 2.24) is 52.9 Å². The molecule has 1 aliphatic heterocycles. The van der Waals surface area contributed by atoms with E-state index in [9.17, 15) is 109 Å². The van der Waals surface area contributed by atoms with Gasteiger partial charge in [-0.2, -0.15) is 0 Å². The lowest BCUT2D eigenvalue weighted by Gasteiger charge is -2.30. The van der Waals surface area contributed by atoms with Crippen LogP contribution in [0.4, 0.5) is 0 Å². The zero-order chi connectivity index (χ0) is 56.9. The van der Waals surface area contributed by atoms with Crippen LogP contribution in [0.2, 0.25) is 0 Å². The quantitative estimate of drug-likeness (QED) is 0.0159. The highest BCUT2D eigenvalue weighted by molar-refractivity contribution is 6.00. The molecule has 0 aromatic heterocycles. The molecule has 1 saturated heterocycles. The normalized spacial score (nSPS) is 17.4. The Bertz CT molecular complexity index is 2010. The molecule has 0 radical (unpaired) electrons. The molecule has 1 fully saturated rings. The van der Waals surface area contributed by atoms with Gasteiger partial charge >= 0.3 is 11.9 Å². The minimum absolute atomic E-state index is 0.0230. The summed E-state index contributed by atoms with van der Waals surface area (Å²) in [5.74, 6) is -17.1. The van der Waals surface area contributed by atoms with Gasteiger partial charge in [0.2, 0.25) is 53.2 Å². The number of hydrogen-bond donors (Lipinski definition) is 19. The van der Waals surface area contributed by atoms with Gasteiger partial charge in [-0.15, -0.1) is 0 Å². The van der Waals surface area contributed by atoms with E-state index in [-0.39, 0.29) is 25.8 Å². The van der Waals surface area contributed by atoms with Crippen molar-refractivity contribution in [3.63, 3.8) is 0 Å². The number of aliphatic hydroxyl groups is 7. The predicted molar refractivity (Wildman–Crippen MR) is 250 cm³/mol. The second-order valence-corrected chi connectivity index (χ2v) is 17.0. The van der Waals surface area contributed by atoms with Crippen molar-refractivity contribution in [3.05, 3.63) is 12.2 Å². The summed E-state index contributed by atoms with van der Waals surface area (Å²) in [5, 5.41) is 117. The van der Waals surface area contributed by atoms with Crippen LogP contribution < -0.4 is 47.9 Å². The van der Waals surface area contributed by atoms with Crippen LogP contribution >= 0.6 is 0 Å². The Morgan fingerprint density at radius 2 is 1.03 bits per heavy atom. The molecule has 0 saturated carbocycles. The first-order valence-electron chi connectivity index (χ1n) is 23.7. The van der Waals surface area contributed by atoms with Crippen LogP contribution in [-0.2, 0) is 57.5 Å². The molecule has 0 spiro atoms. The van der Waals surface area contributed by atoms with Gasteiger partial charge < -0.3 is 93.8 Å². The summed E-state index contributed by atoms with van der Waals surface area (Å²) in [5.41, 5.74) is 0. The number of piperidine rings is 1. The van der Waals surface area contributed by atoms with E-state index in [0.29, 0.717) is 17.9 Å². The Balaban J connectivity index is 2.96. The molecule has 19 N–H and O–H groups in total. The molecule has 424 valence electrons. The first-order chi connectivity index (χ1) is 35.4. The number of unbranched alkanes of at least 4 members (excludes halogenated alkanes) is 5. The second-order valence-electron chi connectivity index (χ2n) is 17.0. The monoisotopic (exact) mass is 1080 g/mol. The summed E-state index contributed by atoms with van der Waals surface area (Å²) < 4.78 is 0. The van der Waals surface area contributed by atoms with Gasteiger partial charge in [0, 0.05) is 13.0 Å². The molecule has 1 aliphatic rings. The van der Waals surface area contributed by atoms with Gasteiger partial charge in [0.25, 0.3) is 5.91 Å². The molecule has 75 heavy (non-hydrogen) atoms. The molecule has 32 heteroatoms. The largest absolute Gasteiger partial charge is 0.479 e. The third-order valence-electron chi connectivity index (χ3n) is 11.0. The Labute approximate surface area is 428 Å². The summed E-state index contributed by atoms with van der Waals surface area (Å²) in [7, 11) is 0. The lowest BCUT2D eigenvalue weighted by atomic mass is 10.1. The number of carbonyl (C=O) groups is 12. The molecular formula is C43H70N10O22. The van der Waals surface area contributed by atoms with Crippen molar-refractivity contribution in [2.75, 3.05) is 39.5 Å². The summed E-state index contributed by atoms with van der Waals surface area (Å²) in [6, 6.07) is -16.0. The average molecular weight is 1080 g/mol. The molecule has 10 amide bonds. The van der Waals surface area contributed by atoms with Gasteiger partial charge in [0.05, 0.1) is 39.1 Å². The zero-order valence-corrected chi connectivity index (χ0v) is 41.1. The molecule has 0 aromatic rings. The van der Waals surface area contributed by atoms with E-state index in [1.165, 1.54) is 0 Å². The molecule has 0 aliphatic carbocycles. The molecule has 32 nitrogen and oxygen atoms in total. The summed E-state index contributed by atoms with van der Waals surface area (Å²) in [6.07, 6.45) is 2.68. The number of nitrogens with zero attached hydrogens (tertiary/aromatic N) is 1. The summed E-state index contributed by atoms with van der Waals surface area (Å²) >= 11 is 0. The number of allylic oxidation sites excluding steroid dienone is 2. The molecule has 0 aromatic carbocycles. The molecular weight excluding hydrogens is 1010 g/mol. The minimum Gasteiger partial charge on any atom is -0.479 e. The van der Waals surface area contributed by atoms with Crippen molar-refractivity contribution in [3.8, 4) is 0 Å². The van der Waals surface area contributed by atoms with Crippen LogP contribution in [-0.4, -0.2) is 233 Å². The number of rotatable bonds is 35. The number of nitrogens with one attached hydrogen (secondary N) is 9. The Kier molecular flexibility index (Phi) is 30.4. The fourth-order valence-corrected chi connectivity index (χ4v) is 6.69. The first kappa shape index (κ1) is 66.1. The Morgan fingerprint density at radius 1 is 0.573 bits per heavy atom. The van der Waals surface area contributed by atoms with Gasteiger partial charge in [-0.05, 0) is 45.4 Å². The van der Waals surface area contributed by atoms with Crippen LogP contribution in [0.3, 0.4) is 0 Å². The third-order valence-corrected chi connectivity index (χ3v) is 11.0. The standard InChI is InChI=1S/C43H70N10O22/c1-3-4-5-6-7-8-9-10-11-14-27(59)50-30(32(61)42(71)72)39(68)48-23(17-54)34(63)44-16-28(60)45-24(18-55)35(64)47-26(20-57)37(66)52-31(33(62)43(73)74)40(69)51-29(21(2)58)38(67)49-25(19-56)36(65)46-22-13-12-15-53(75)41(22)70/h8-9,21-26,29-33,54-58,61-62,75H,3-7,10-20H2,1-2H3,(H,44,63)(H,45,60)(H,46,65)(H,47,64)(H,48,68)(H,49,67)(H,50,59)(H,51,69)(H,52,66)(H,71,72)(H,73,74)/b9-8-/t21-,22+,23-,24-,25+,26+,29-,30+,31+,32+,33-/m1/s1. The van der Waals surface area contributed by atoms with E-state index < -0.39 is 171 Å². The fourth-order valence-electron chi connectivity index (χ4n) is 6.69. The minimum atomic E-state index is -2.84.